The first-order chi connectivity index (χ1) is 12.3. The van der Waals surface area contributed by atoms with Crippen LogP contribution in [0.15, 0.2) is 24.3 Å². The average molecular weight is 381 g/mol. The molecule has 0 radical (unpaired) electrons. The summed E-state index contributed by atoms with van der Waals surface area (Å²) >= 11 is 5.94. The van der Waals surface area contributed by atoms with E-state index in [4.69, 9.17) is 16.3 Å². The lowest BCUT2D eigenvalue weighted by Crippen LogP contribution is -2.54. The van der Waals surface area contributed by atoms with Gasteiger partial charge in [-0.2, -0.15) is 0 Å². The van der Waals surface area contributed by atoms with Crippen molar-refractivity contribution in [1.29, 1.82) is 0 Å². The second kappa shape index (κ2) is 9.38. The van der Waals surface area contributed by atoms with Gasteiger partial charge in [0.2, 0.25) is 11.8 Å². The van der Waals surface area contributed by atoms with Gasteiger partial charge >= 0.3 is 0 Å². The molecule has 0 aliphatic carbocycles. The molecule has 1 N–H and O–H groups in total. The summed E-state index contributed by atoms with van der Waals surface area (Å²) in [4.78, 5) is 27.0. The standard InChI is InChI=1S/C20H29ClN2O3/c1-13(2)11-18(24)22-19(14(3)4)20(25)23-9-10-26-17(12-23)15-5-7-16(21)8-6-15/h5-8,13-14,17,19H,9-12H2,1-4H3,(H,22,24). The molecule has 6 heteroatoms. The van der Waals surface area contributed by atoms with E-state index in [-0.39, 0.29) is 29.8 Å². The van der Waals surface area contributed by atoms with Crippen molar-refractivity contribution in [3.05, 3.63) is 34.9 Å². The van der Waals surface area contributed by atoms with Crippen LogP contribution in [-0.2, 0) is 14.3 Å². The van der Waals surface area contributed by atoms with Gasteiger partial charge in [-0.05, 0) is 29.5 Å². The highest BCUT2D eigenvalue weighted by molar-refractivity contribution is 6.30. The van der Waals surface area contributed by atoms with Gasteiger partial charge in [0.25, 0.3) is 0 Å². The second-order valence-corrected chi connectivity index (χ2v) is 8.02. The molecular weight excluding hydrogens is 352 g/mol. The van der Waals surface area contributed by atoms with Crippen LogP contribution < -0.4 is 5.32 Å². The summed E-state index contributed by atoms with van der Waals surface area (Å²) in [5.74, 6) is 0.167. The lowest BCUT2D eigenvalue weighted by molar-refractivity contribution is -0.144. The number of halogens is 1. The number of nitrogens with one attached hydrogen (secondary N) is 1. The fourth-order valence-electron chi connectivity index (χ4n) is 3.04. The van der Waals surface area contributed by atoms with Crippen LogP contribution in [-0.4, -0.2) is 42.5 Å². The van der Waals surface area contributed by atoms with Gasteiger partial charge in [0, 0.05) is 18.0 Å². The van der Waals surface area contributed by atoms with Gasteiger partial charge in [0.1, 0.15) is 12.1 Å². The molecule has 1 aromatic carbocycles. The van der Waals surface area contributed by atoms with Crippen molar-refractivity contribution in [1.82, 2.24) is 10.2 Å². The molecule has 2 rings (SSSR count). The molecule has 1 aliphatic heterocycles. The largest absolute Gasteiger partial charge is 0.370 e. The maximum absolute atomic E-state index is 13.0. The van der Waals surface area contributed by atoms with Crippen molar-refractivity contribution in [3.8, 4) is 0 Å². The minimum absolute atomic E-state index is 0.0236. The summed E-state index contributed by atoms with van der Waals surface area (Å²) in [6.07, 6.45) is 0.247. The zero-order valence-electron chi connectivity index (χ0n) is 16.0. The zero-order valence-corrected chi connectivity index (χ0v) is 16.8. The third-order valence-corrected chi connectivity index (χ3v) is 4.71. The molecule has 1 aliphatic rings. The number of rotatable bonds is 6. The number of hydrogen-bond acceptors (Lipinski definition) is 3. The Morgan fingerprint density at radius 1 is 1.23 bits per heavy atom. The first-order valence-corrected chi connectivity index (χ1v) is 9.61. The van der Waals surface area contributed by atoms with Gasteiger partial charge in [-0.1, -0.05) is 51.4 Å². The van der Waals surface area contributed by atoms with Crippen LogP contribution in [0.2, 0.25) is 5.02 Å². The fourth-order valence-corrected chi connectivity index (χ4v) is 3.17. The smallest absolute Gasteiger partial charge is 0.245 e. The SMILES string of the molecule is CC(C)CC(=O)NC(C(=O)N1CCOC(c2ccc(Cl)cc2)C1)C(C)C. The van der Waals surface area contributed by atoms with Gasteiger partial charge in [0.05, 0.1) is 13.2 Å². The van der Waals surface area contributed by atoms with Crippen LogP contribution >= 0.6 is 11.6 Å². The summed E-state index contributed by atoms with van der Waals surface area (Å²) in [7, 11) is 0. The van der Waals surface area contributed by atoms with E-state index in [1.165, 1.54) is 0 Å². The Hall–Kier alpha value is -1.59. The predicted octanol–water partition coefficient (Wildman–Crippen LogP) is 3.43. The molecule has 144 valence electrons. The Balaban J connectivity index is 2.05. The number of ether oxygens (including phenoxy) is 1. The molecule has 5 nitrogen and oxygen atoms in total. The van der Waals surface area contributed by atoms with Crippen LogP contribution in [0.5, 0.6) is 0 Å². The van der Waals surface area contributed by atoms with Gasteiger partial charge in [-0.15, -0.1) is 0 Å². The van der Waals surface area contributed by atoms with E-state index >= 15 is 0 Å². The summed E-state index contributed by atoms with van der Waals surface area (Å²) in [6, 6.07) is 6.98. The van der Waals surface area contributed by atoms with Crippen molar-refractivity contribution in [3.63, 3.8) is 0 Å². The molecule has 1 heterocycles. The van der Waals surface area contributed by atoms with Gasteiger partial charge in [-0.25, -0.2) is 0 Å². The van der Waals surface area contributed by atoms with Crippen molar-refractivity contribution >= 4 is 23.4 Å². The summed E-state index contributed by atoms with van der Waals surface area (Å²) < 4.78 is 5.83. The predicted molar refractivity (Wildman–Crippen MR) is 103 cm³/mol. The van der Waals surface area contributed by atoms with E-state index in [0.717, 1.165) is 5.56 Å². The molecule has 0 spiro atoms. The van der Waals surface area contributed by atoms with Crippen LogP contribution in [0.4, 0.5) is 0 Å². The zero-order chi connectivity index (χ0) is 19.3. The van der Waals surface area contributed by atoms with Crippen molar-refractivity contribution in [2.45, 2.75) is 46.3 Å². The van der Waals surface area contributed by atoms with E-state index < -0.39 is 6.04 Å². The third-order valence-electron chi connectivity index (χ3n) is 4.46. The maximum atomic E-state index is 13.0. The quantitative estimate of drug-likeness (QED) is 0.822. The number of carbonyl (C=O) groups is 2. The molecule has 0 aromatic heterocycles. The van der Waals surface area contributed by atoms with E-state index in [1.807, 2.05) is 52.0 Å². The minimum Gasteiger partial charge on any atom is -0.370 e. The minimum atomic E-state index is -0.509. The Labute approximate surface area is 161 Å². The molecular formula is C20H29ClN2O3. The van der Waals surface area contributed by atoms with Crippen LogP contribution in [0.1, 0.15) is 45.8 Å². The fraction of sp³-hybridized carbons (Fsp3) is 0.600. The summed E-state index contributed by atoms with van der Waals surface area (Å²) in [6.45, 7) is 9.37. The molecule has 26 heavy (non-hydrogen) atoms. The third kappa shape index (κ3) is 5.71. The van der Waals surface area contributed by atoms with E-state index in [9.17, 15) is 9.59 Å². The number of nitrogens with zero attached hydrogens (tertiary/aromatic N) is 1. The monoisotopic (exact) mass is 380 g/mol. The summed E-state index contributed by atoms with van der Waals surface area (Å²) in [5, 5.41) is 3.59. The normalized spacial score (nSPS) is 18.9. The van der Waals surface area contributed by atoms with Crippen molar-refractivity contribution < 1.29 is 14.3 Å². The van der Waals surface area contributed by atoms with Crippen LogP contribution in [0.25, 0.3) is 0 Å². The van der Waals surface area contributed by atoms with E-state index in [2.05, 4.69) is 5.32 Å². The van der Waals surface area contributed by atoms with Gasteiger partial charge in [-0.3, -0.25) is 9.59 Å². The molecule has 0 bridgehead atoms. The molecule has 0 saturated carbocycles. The molecule has 1 aromatic rings. The highest BCUT2D eigenvalue weighted by Gasteiger charge is 2.32. The lowest BCUT2D eigenvalue weighted by Gasteiger charge is -2.36. The summed E-state index contributed by atoms with van der Waals surface area (Å²) in [5.41, 5.74) is 0.997. The Kier molecular flexibility index (Phi) is 7.47. The van der Waals surface area contributed by atoms with Gasteiger partial charge in [0.15, 0.2) is 0 Å². The maximum Gasteiger partial charge on any atom is 0.245 e. The molecule has 1 saturated heterocycles. The average Bonchev–Trinajstić information content (AvgIpc) is 2.59. The molecule has 2 unspecified atom stereocenters. The van der Waals surface area contributed by atoms with Gasteiger partial charge < -0.3 is 15.0 Å². The number of carbonyl (C=O) groups excluding carboxylic acids is 2. The Morgan fingerprint density at radius 3 is 2.46 bits per heavy atom. The molecule has 1 fully saturated rings. The van der Waals surface area contributed by atoms with Crippen molar-refractivity contribution in [2.75, 3.05) is 19.7 Å². The first-order valence-electron chi connectivity index (χ1n) is 9.23. The van der Waals surface area contributed by atoms with E-state index in [0.29, 0.717) is 31.1 Å². The number of hydrogen-bond donors (Lipinski definition) is 1. The topological polar surface area (TPSA) is 58.6 Å². The van der Waals surface area contributed by atoms with Crippen LogP contribution in [0, 0.1) is 11.8 Å². The lowest BCUT2D eigenvalue weighted by atomic mass is 10.0. The first kappa shape index (κ1) is 20.7. The van der Waals surface area contributed by atoms with Crippen molar-refractivity contribution in [2.24, 2.45) is 11.8 Å². The highest BCUT2D eigenvalue weighted by atomic mass is 35.5. The molecule has 2 atom stereocenters. The number of benzene rings is 1. The number of morpholine rings is 1. The number of amides is 2. The Morgan fingerprint density at radius 2 is 1.88 bits per heavy atom. The molecule has 2 amide bonds. The Bertz CT molecular complexity index is 616. The van der Waals surface area contributed by atoms with Crippen LogP contribution in [0.3, 0.4) is 0 Å². The second-order valence-electron chi connectivity index (χ2n) is 7.58. The highest BCUT2D eigenvalue weighted by Crippen LogP contribution is 2.24. The van der Waals surface area contributed by atoms with E-state index in [1.54, 1.807) is 4.90 Å².